The summed E-state index contributed by atoms with van der Waals surface area (Å²) in [6.07, 6.45) is 0. The van der Waals surface area contributed by atoms with Crippen LogP contribution < -0.4 is 10.6 Å². The van der Waals surface area contributed by atoms with Crippen molar-refractivity contribution in [3.63, 3.8) is 0 Å². The van der Waals surface area contributed by atoms with Crippen molar-refractivity contribution in [2.24, 2.45) is 0 Å². The smallest absolute Gasteiger partial charge is 0.314 e. The molecule has 0 saturated heterocycles. The fourth-order valence-corrected chi connectivity index (χ4v) is 2.07. The molecule has 2 rings (SSSR count). The van der Waals surface area contributed by atoms with E-state index in [0.717, 1.165) is 16.7 Å². The number of thiocyanates is 1. The summed E-state index contributed by atoms with van der Waals surface area (Å²) < 4.78 is 0. The number of benzene rings is 2. The summed E-state index contributed by atoms with van der Waals surface area (Å²) in [5, 5.41) is 16.0. The van der Waals surface area contributed by atoms with E-state index in [0.29, 0.717) is 16.4 Å². The van der Waals surface area contributed by atoms with Gasteiger partial charge >= 0.3 is 11.8 Å². The molecule has 0 aliphatic carbocycles. The molecule has 0 aliphatic heterocycles. The van der Waals surface area contributed by atoms with Crippen LogP contribution in [0.25, 0.3) is 0 Å². The highest BCUT2D eigenvalue weighted by Gasteiger charge is 2.13. The van der Waals surface area contributed by atoms with E-state index < -0.39 is 11.8 Å². The van der Waals surface area contributed by atoms with Gasteiger partial charge in [0.25, 0.3) is 0 Å². The SMILES string of the molecule is N#CSc1ccc(NC(=O)C(=O)Nc2ccc(Cl)cc2)cc1. The predicted molar refractivity (Wildman–Crippen MR) is 86.6 cm³/mol. The Morgan fingerprint density at radius 3 is 1.82 bits per heavy atom. The number of carbonyl (C=O) groups is 2. The molecule has 0 aliphatic rings. The topological polar surface area (TPSA) is 82.0 Å². The van der Waals surface area contributed by atoms with E-state index in [1.165, 1.54) is 0 Å². The van der Waals surface area contributed by atoms with Crippen molar-refractivity contribution in [1.82, 2.24) is 0 Å². The molecule has 0 radical (unpaired) electrons. The number of hydrogen-bond acceptors (Lipinski definition) is 4. The van der Waals surface area contributed by atoms with Gasteiger partial charge in [-0.25, -0.2) is 0 Å². The summed E-state index contributed by atoms with van der Waals surface area (Å²) in [6.45, 7) is 0. The lowest BCUT2D eigenvalue weighted by Crippen LogP contribution is -2.29. The van der Waals surface area contributed by atoms with Gasteiger partial charge in [-0.3, -0.25) is 9.59 Å². The molecule has 0 bridgehead atoms. The van der Waals surface area contributed by atoms with Crippen LogP contribution in [0.3, 0.4) is 0 Å². The number of anilines is 2. The van der Waals surface area contributed by atoms with Crippen LogP contribution in [0.1, 0.15) is 0 Å². The van der Waals surface area contributed by atoms with Crippen LogP contribution in [-0.2, 0) is 9.59 Å². The third kappa shape index (κ3) is 4.52. The maximum atomic E-state index is 11.8. The Hall–Kier alpha value is -2.49. The van der Waals surface area contributed by atoms with Crippen molar-refractivity contribution >= 4 is 46.6 Å². The second-order valence-electron chi connectivity index (χ2n) is 4.13. The van der Waals surface area contributed by atoms with Crippen molar-refractivity contribution in [2.45, 2.75) is 4.90 Å². The largest absolute Gasteiger partial charge is 0.318 e. The summed E-state index contributed by atoms with van der Waals surface area (Å²) in [5.74, 6) is -1.56. The van der Waals surface area contributed by atoms with Crippen molar-refractivity contribution < 1.29 is 9.59 Å². The first-order chi connectivity index (χ1) is 10.6. The van der Waals surface area contributed by atoms with Crippen LogP contribution >= 0.6 is 23.4 Å². The normalized spacial score (nSPS) is 9.64. The molecule has 7 heteroatoms. The monoisotopic (exact) mass is 331 g/mol. The molecule has 0 aromatic heterocycles. The molecule has 2 amide bonds. The van der Waals surface area contributed by atoms with E-state index in [1.54, 1.807) is 48.5 Å². The van der Waals surface area contributed by atoms with Gasteiger partial charge in [-0.2, -0.15) is 5.26 Å². The zero-order valence-electron chi connectivity index (χ0n) is 11.2. The van der Waals surface area contributed by atoms with Gasteiger partial charge in [0.1, 0.15) is 5.40 Å². The second kappa shape index (κ2) is 7.50. The van der Waals surface area contributed by atoms with E-state index in [9.17, 15) is 9.59 Å². The number of halogens is 1. The molecule has 0 saturated carbocycles. The first-order valence-corrected chi connectivity index (χ1v) is 7.32. The quantitative estimate of drug-likeness (QED) is 0.512. The van der Waals surface area contributed by atoms with Gasteiger partial charge in [0, 0.05) is 21.3 Å². The van der Waals surface area contributed by atoms with Crippen LogP contribution in [0, 0.1) is 10.7 Å². The minimum Gasteiger partial charge on any atom is -0.318 e. The van der Waals surface area contributed by atoms with E-state index in [1.807, 2.05) is 5.40 Å². The van der Waals surface area contributed by atoms with Gasteiger partial charge in [0.2, 0.25) is 0 Å². The molecule has 0 heterocycles. The van der Waals surface area contributed by atoms with Crippen LogP contribution in [-0.4, -0.2) is 11.8 Å². The van der Waals surface area contributed by atoms with Gasteiger partial charge in [0.15, 0.2) is 0 Å². The molecule has 2 aromatic rings. The lowest BCUT2D eigenvalue weighted by molar-refractivity contribution is -0.132. The Kier molecular flexibility index (Phi) is 5.42. The number of nitriles is 1. The first kappa shape index (κ1) is 15.9. The highest BCUT2D eigenvalue weighted by atomic mass is 35.5. The predicted octanol–water partition coefficient (Wildman–Crippen LogP) is 3.49. The number of nitrogens with one attached hydrogen (secondary N) is 2. The Morgan fingerprint density at radius 1 is 0.909 bits per heavy atom. The third-order valence-corrected chi connectivity index (χ3v) is 3.44. The lowest BCUT2D eigenvalue weighted by atomic mass is 10.3. The fourth-order valence-electron chi connectivity index (χ4n) is 1.57. The highest BCUT2D eigenvalue weighted by Crippen LogP contribution is 2.19. The first-order valence-electron chi connectivity index (χ1n) is 6.12. The Labute approximate surface area is 136 Å². The summed E-state index contributed by atoms with van der Waals surface area (Å²) in [5.41, 5.74) is 0.948. The molecule has 2 aromatic carbocycles. The molecule has 0 fully saturated rings. The standard InChI is InChI=1S/C15H10ClN3O2S/c16-10-1-3-11(4-2-10)18-14(20)15(21)19-12-5-7-13(8-6-12)22-9-17/h1-8H,(H,18,20)(H,19,21). The molecule has 0 spiro atoms. The zero-order valence-corrected chi connectivity index (χ0v) is 12.7. The Bertz CT molecular complexity index is 724. The highest BCUT2D eigenvalue weighted by molar-refractivity contribution is 8.03. The minimum atomic E-state index is -0.782. The second-order valence-corrected chi connectivity index (χ2v) is 5.43. The maximum Gasteiger partial charge on any atom is 0.314 e. The van der Waals surface area contributed by atoms with Crippen molar-refractivity contribution in [1.29, 1.82) is 5.26 Å². The van der Waals surface area contributed by atoms with Crippen molar-refractivity contribution in [3.05, 3.63) is 53.6 Å². The van der Waals surface area contributed by atoms with Crippen LogP contribution in [0.15, 0.2) is 53.4 Å². The molecule has 5 nitrogen and oxygen atoms in total. The number of rotatable bonds is 3. The van der Waals surface area contributed by atoms with Gasteiger partial charge in [-0.1, -0.05) is 11.6 Å². The summed E-state index contributed by atoms with van der Waals surface area (Å²) >= 11 is 6.75. The van der Waals surface area contributed by atoms with Crippen molar-refractivity contribution in [2.75, 3.05) is 10.6 Å². The molecule has 2 N–H and O–H groups in total. The van der Waals surface area contributed by atoms with E-state index in [-0.39, 0.29) is 0 Å². The molecular weight excluding hydrogens is 322 g/mol. The molecule has 22 heavy (non-hydrogen) atoms. The summed E-state index contributed by atoms with van der Waals surface area (Å²) in [4.78, 5) is 24.3. The van der Waals surface area contributed by atoms with E-state index in [4.69, 9.17) is 16.9 Å². The number of hydrogen-bond donors (Lipinski definition) is 2. The minimum absolute atomic E-state index is 0.471. The number of nitrogens with zero attached hydrogens (tertiary/aromatic N) is 1. The van der Waals surface area contributed by atoms with Gasteiger partial charge in [-0.05, 0) is 60.3 Å². The average Bonchev–Trinajstić information content (AvgIpc) is 2.51. The molecular formula is C15H10ClN3O2S. The fraction of sp³-hybridized carbons (Fsp3) is 0. The number of amides is 2. The van der Waals surface area contributed by atoms with Gasteiger partial charge in [0.05, 0.1) is 0 Å². The van der Waals surface area contributed by atoms with Gasteiger partial charge in [-0.15, -0.1) is 0 Å². The molecule has 110 valence electrons. The van der Waals surface area contributed by atoms with Crippen LogP contribution in [0.4, 0.5) is 11.4 Å². The Balaban J connectivity index is 1.95. The molecule has 0 unspecified atom stereocenters. The number of carbonyl (C=O) groups excluding carboxylic acids is 2. The van der Waals surface area contributed by atoms with Crippen LogP contribution in [0.5, 0.6) is 0 Å². The third-order valence-electron chi connectivity index (χ3n) is 2.58. The summed E-state index contributed by atoms with van der Waals surface area (Å²) in [6, 6.07) is 13.0. The number of thioether (sulfide) groups is 1. The van der Waals surface area contributed by atoms with Crippen LogP contribution in [0.2, 0.25) is 5.02 Å². The molecule has 0 atom stereocenters. The van der Waals surface area contributed by atoms with Gasteiger partial charge < -0.3 is 10.6 Å². The zero-order chi connectivity index (χ0) is 15.9. The maximum absolute atomic E-state index is 11.8. The van der Waals surface area contributed by atoms with E-state index in [2.05, 4.69) is 10.6 Å². The summed E-state index contributed by atoms with van der Waals surface area (Å²) in [7, 11) is 0. The Morgan fingerprint density at radius 2 is 1.36 bits per heavy atom. The van der Waals surface area contributed by atoms with E-state index >= 15 is 0 Å². The van der Waals surface area contributed by atoms with Crippen molar-refractivity contribution in [3.8, 4) is 5.40 Å². The average molecular weight is 332 g/mol. The lowest BCUT2D eigenvalue weighted by Gasteiger charge is -2.07.